The highest BCUT2D eigenvalue weighted by Crippen LogP contribution is 2.40. The average Bonchev–Trinajstić information content (AvgIpc) is 2.40. The Morgan fingerprint density at radius 1 is 1.28 bits per heavy atom. The molecule has 18 heavy (non-hydrogen) atoms. The lowest BCUT2D eigenvalue weighted by molar-refractivity contribution is -0.151. The number of rotatable bonds is 3. The molecule has 0 radical (unpaired) electrons. The van der Waals surface area contributed by atoms with Crippen LogP contribution in [-0.4, -0.2) is 12.6 Å². The van der Waals surface area contributed by atoms with Crippen LogP contribution in [0, 0.1) is 6.92 Å². The molecule has 0 aromatic heterocycles. The fraction of sp³-hybridized carbons (Fsp3) is 0.562. The summed E-state index contributed by atoms with van der Waals surface area (Å²) >= 11 is 0. The van der Waals surface area contributed by atoms with E-state index in [-0.39, 0.29) is 11.4 Å². The van der Waals surface area contributed by atoms with Crippen LogP contribution in [-0.2, 0) is 14.9 Å². The third kappa shape index (κ3) is 2.43. The number of carbonyl (C=O) groups excluding carboxylic acids is 1. The third-order valence-electron chi connectivity index (χ3n) is 3.94. The summed E-state index contributed by atoms with van der Waals surface area (Å²) in [6.07, 6.45) is 5.32. The first-order chi connectivity index (χ1) is 8.69. The van der Waals surface area contributed by atoms with Gasteiger partial charge in [-0.2, -0.15) is 0 Å². The van der Waals surface area contributed by atoms with E-state index in [9.17, 15) is 4.79 Å². The minimum absolute atomic E-state index is 0.0321. The van der Waals surface area contributed by atoms with E-state index in [4.69, 9.17) is 4.74 Å². The summed E-state index contributed by atoms with van der Waals surface area (Å²) in [4.78, 5) is 12.4. The van der Waals surface area contributed by atoms with Crippen LogP contribution < -0.4 is 0 Å². The molecule has 0 heterocycles. The van der Waals surface area contributed by atoms with Crippen molar-refractivity contribution in [3.63, 3.8) is 0 Å². The molecule has 1 aromatic carbocycles. The number of hydrogen-bond donors (Lipinski definition) is 0. The molecular formula is C16H22O2. The molecule has 1 aliphatic carbocycles. The molecule has 1 aromatic rings. The number of benzene rings is 1. The smallest absolute Gasteiger partial charge is 0.316 e. The van der Waals surface area contributed by atoms with Crippen molar-refractivity contribution in [3.8, 4) is 0 Å². The Kier molecular flexibility index (Phi) is 4.05. The van der Waals surface area contributed by atoms with Crippen molar-refractivity contribution < 1.29 is 9.53 Å². The van der Waals surface area contributed by atoms with Gasteiger partial charge in [0.2, 0.25) is 0 Å². The van der Waals surface area contributed by atoms with Crippen LogP contribution in [0.4, 0.5) is 0 Å². The topological polar surface area (TPSA) is 26.3 Å². The largest absolute Gasteiger partial charge is 0.465 e. The molecule has 2 rings (SSSR count). The van der Waals surface area contributed by atoms with Gasteiger partial charge in [0.25, 0.3) is 0 Å². The van der Waals surface area contributed by atoms with Gasteiger partial charge in [-0.1, -0.05) is 49.1 Å². The SMILES string of the molecule is CCOC(=O)C1(c2cccc(C)c2)CCCCC1. The second-order valence-electron chi connectivity index (χ2n) is 5.23. The molecule has 0 unspecified atom stereocenters. The third-order valence-corrected chi connectivity index (χ3v) is 3.94. The van der Waals surface area contributed by atoms with E-state index >= 15 is 0 Å². The Hall–Kier alpha value is -1.31. The van der Waals surface area contributed by atoms with Crippen molar-refractivity contribution in [1.82, 2.24) is 0 Å². The van der Waals surface area contributed by atoms with Crippen LogP contribution in [0.2, 0.25) is 0 Å². The fourth-order valence-corrected chi connectivity index (χ4v) is 2.98. The Morgan fingerprint density at radius 2 is 2.00 bits per heavy atom. The zero-order valence-electron chi connectivity index (χ0n) is 11.4. The standard InChI is InChI=1S/C16H22O2/c1-3-18-15(17)16(10-5-4-6-11-16)14-9-7-8-13(2)12-14/h7-9,12H,3-6,10-11H2,1-2H3. The second kappa shape index (κ2) is 5.55. The van der Waals surface area contributed by atoms with Crippen LogP contribution in [0.25, 0.3) is 0 Å². The van der Waals surface area contributed by atoms with Gasteiger partial charge in [-0.25, -0.2) is 0 Å². The van der Waals surface area contributed by atoms with Crippen molar-refractivity contribution in [2.24, 2.45) is 0 Å². The predicted octanol–water partition coefficient (Wildman–Crippen LogP) is 3.76. The van der Waals surface area contributed by atoms with E-state index in [0.29, 0.717) is 6.61 Å². The van der Waals surface area contributed by atoms with Gasteiger partial charge < -0.3 is 4.74 Å². The summed E-state index contributed by atoms with van der Waals surface area (Å²) in [5.41, 5.74) is 1.96. The summed E-state index contributed by atoms with van der Waals surface area (Å²) in [5.74, 6) is -0.0321. The van der Waals surface area contributed by atoms with Gasteiger partial charge in [-0.3, -0.25) is 4.79 Å². The quantitative estimate of drug-likeness (QED) is 0.759. The molecule has 1 saturated carbocycles. The van der Waals surface area contributed by atoms with Crippen LogP contribution in [0.5, 0.6) is 0 Å². The monoisotopic (exact) mass is 246 g/mol. The molecule has 1 aliphatic rings. The average molecular weight is 246 g/mol. The maximum atomic E-state index is 12.4. The molecule has 0 atom stereocenters. The van der Waals surface area contributed by atoms with E-state index < -0.39 is 0 Å². The Bertz CT molecular complexity index is 417. The van der Waals surface area contributed by atoms with Gasteiger partial charge in [-0.15, -0.1) is 0 Å². The van der Waals surface area contributed by atoms with E-state index in [1.807, 2.05) is 13.0 Å². The number of ether oxygens (including phenoxy) is 1. The zero-order valence-corrected chi connectivity index (χ0v) is 11.4. The summed E-state index contributed by atoms with van der Waals surface area (Å²) in [5, 5.41) is 0. The number of esters is 1. The molecule has 98 valence electrons. The highest BCUT2D eigenvalue weighted by molar-refractivity contribution is 5.83. The maximum Gasteiger partial charge on any atom is 0.316 e. The molecule has 0 spiro atoms. The van der Waals surface area contributed by atoms with E-state index in [0.717, 1.165) is 31.2 Å². The maximum absolute atomic E-state index is 12.4. The first-order valence-corrected chi connectivity index (χ1v) is 6.93. The van der Waals surface area contributed by atoms with Crippen molar-refractivity contribution in [3.05, 3.63) is 35.4 Å². The lowest BCUT2D eigenvalue weighted by Crippen LogP contribution is -2.39. The first-order valence-electron chi connectivity index (χ1n) is 6.93. The summed E-state index contributed by atoms with van der Waals surface area (Å²) in [6, 6.07) is 8.34. The molecule has 2 heteroatoms. The lowest BCUT2D eigenvalue weighted by atomic mass is 9.69. The van der Waals surface area contributed by atoms with Gasteiger partial charge in [0.15, 0.2) is 0 Å². The summed E-state index contributed by atoms with van der Waals surface area (Å²) in [6.45, 7) is 4.42. The molecule has 1 fully saturated rings. The van der Waals surface area contributed by atoms with E-state index in [2.05, 4.69) is 25.1 Å². The molecule has 2 nitrogen and oxygen atoms in total. The Labute approximate surface area is 109 Å². The van der Waals surface area contributed by atoms with Gasteiger partial charge in [0.1, 0.15) is 0 Å². The summed E-state index contributed by atoms with van der Waals surface area (Å²) < 4.78 is 5.34. The Morgan fingerprint density at radius 3 is 2.61 bits per heavy atom. The highest BCUT2D eigenvalue weighted by atomic mass is 16.5. The Balaban J connectivity index is 2.38. The van der Waals surface area contributed by atoms with Crippen LogP contribution in [0.3, 0.4) is 0 Å². The molecule has 0 amide bonds. The van der Waals surface area contributed by atoms with E-state index in [1.54, 1.807) is 0 Å². The van der Waals surface area contributed by atoms with Gasteiger partial charge in [0, 0.05) is 0 Å². The minimum atomic E-state index is -0.389. The van der Waals surface area contributed by atoms with E-state index in [1.165, 1.54) is 12.0 Å². The number of hydrogen-bond acceptors (Lipinski definition) is 2. The zero-order chi connectivity index (χ0) is 13.0. The lowest BCUT2D eigenvalue weighted by Gasteiger charge is -2.35. The van der Waals surface area contributed by atoms with Crippen molar-refractivity contribution in [1.29, 1.82) is 0 Å². The molecule has 0 N–H and O–H groups in total. The normalized spacial score (nSPS) is 18.3. The molecule has 0 saturated heterocycles. The van der Waals surface area contributed by atoms with Gasteiger partial charge in [-0.05, 0) is 32.3 Å². The first kappa shape index (κ1) is 13.1. The number of aryl methyl sites for hydroxylation is 1. The molecule has 0 bridgehead atoms. The highest BCUT2D eigenvalue weighted by Gasteiger charge is 2.42. The molecule has 0 aliphatic heterocycles. The van der Waals surface area contributed by atoms with Crippen LogP contribution >= 0.6 is 0 Å². The molecular weight excluding hydrogens is 224 g/mol. The minimum Gasteiger partial charge on any atom is -0.465 e. The van der Waals surface area contributed by atoms with Crippen molar-refractivity contribution in [2.45, 2.75) is 51.4 Å². The predicted molar refractivity (Wildman–Crippen MR) is 72.6 cm³/mol. The van der Waals surface area contributed by atoms with Crippen molar-refractivity contribution in [2.75, 3.05) is 6.61 Å². The second-order valence-corrected chi connectivity index (χ2v) is 5.23. The van der Waals surface area contributed by atoms with Crippen LogP contribution in [0.15, 0.2) is 24.3 Å². The number of carbonyl (C=O) groups is 1. The van der Waals surface area contributed by atoms with Gasteiger partial charge >= 0.3 is 5.97 Å². The summed E-state index contributed by atoms with van der Waals surface area (Å²) in [7, 11) is 0. The van der Waals surface area contributed by atoms with Gasteiger partial charge in [0.05, 0.1) is 12.0 Å². The fourth-order valence-electron chi connectivity index (χ4n) is 2.98. The van der Waals surface area contributed by atoms with Crippen LogP contribution in [0.1, 0.15) is 50.2 Å². The van der Waals surface area contributed by atoms with Crippen molar-refractivity contribution >= 4 is 5.97 Å².